The maximum atomic E-state index is 4.31. The van der Waals surface area contributed by atoms with Crippen LogP contribution in [0.15, 0.2) is 24.8 Å². The molecule has 0 amide bonds. The van der Waals surface area contributed by atoms with Crippen LogP contribution in [0.4, 0.5) is 0 Å². The second-order valence-corrected chi connectivity index (χ2v) is 5.48. The molecule has 0 N–H and O–H groups in total. The Hall–Kier alpha value is -1.84. The highest BCUT2D eigenvalue weighted by Gasteiger charge is 1.99. The molecule has 2 rings (SSSR count). The van der Waals surface area contributed by atoms with Gasteiger partial charge in [0.2, 0.25) is 0 Å². The van der Waals surface area contributed by atoms with Crippen LogP contribution in [0.3, 0.4) is 0 Å². The van der Waals surface area contributed by atoms with Gasteiger partial charge >= 0.3 is 0 Å². The van der Waals surface area contributed by atoms with E-state index in [0.29, 0.717) is 11.8 Å². The highest BCUT2D eigenvalue weighted by atomic mass is 14.8. The van der Waals surface area contributed by atoms with Crippen LogP contribution >= 0.6 is 0 Å². The third kappa shape index (κ3) is 5.43. The highest BCUT2D eigenvalue weighted by Crippen LogP contribution is 2.09. The van der Waals surface area contributed by atoms with Crippen molar-refractivity contribution in [3.63, 3.8) is 0 Å². The van der Waals surface area contributed by atoms with Gasteiger partial charge in [-0.1, -0.05) is 27.7 Å². The van der Waals surface area contributed by atoms with Gasteiger partial charge in [-0.15, -0.1) is 0 Å². The average Bonchev–Trinajstić information content (AvgIpc) is 2.40. The Morgan fingerprint density at radius 1 is 0.700 bits per heavy atom. The molecule has 0 unspecified atom stereocenters. The number of rotatable bonds is 2. The highest BCUT2D eigenvalue weighted by molar-refractivity contribution is 5.05. The van der Waals surface area contributed by atoms with Crippen molar-refractivity contribution in [3.05, 3.63) is 47.6 Å². The van der Waals surface area contributed by atoms with E-state index in [1.807, 2.05) is 26.2 Å². The van der Waals surface area contributed by atoms with Gasteiger partial charge in [0.15, 0.2) is 0 Å². The maximum Gasteiger partial charge on any atom is 0.0615 e. The fourth-order valence-electron chi connectivity index (χ4n) is 1.46. The zero-order valence-corrected chi connectivity index (χ0v) is 13.3. The molecule has 0 bridgehead atoms. The molecule has 0 aliphatic carbocycles. The molecule has 0 spiro atoms. The van der Waals surface area contributed by atoms with Crippen molar-refractivity contribution < 1.29 is 0 Å². The first-order valence-electron chi connectivity index (χ1n) is 6.97. The molecule has 0 aliphatic rings. The quantitative estimate of drug-likeness (QED) is 0.834. The molecule has 0 fully saturated rings. The number of aryl methyl sites for hydroxylation is 2. The molecular formula is C16H24N4. The summed E-state index contributed by atoms with van der Waals surface area (Å²) < 4.78 is 0. The van der Waals surface area contributed by atoms with Crippen molar-refractivity contribution >= 4 is 0 Å². The van der Waals surface area contributed by atoms with Crippen LogP contribution in [0.5, 0.6) is 0 Å². The summed E-state index contributed by atoms with van der Waals surface area (Å²) in [6.45, 7) is 12.3. The summed E-state index contributed by atoms with van der Waals surface area (Å²) in [5.41, 5.74) is 4.10. The van der Waals surface area contributed by atoms with Crippen molar-refractivity contribution in [1.29, 1.82) is 0 Å². The van der Waals surface area contributed by atoms with Gasteiger partial charge in [0.05, 0.1) is 22.8 Å². The maximum absolute atomic E-state index is 4.31. The summed E-state index contributed by atoms with van der Waals surface area (Å²) in [5, 5.41) is 0. The summed E-state index contributed by atoms with van der Waals surface area (Å²) >= 11 is 0. The SMILES string of the molecule is Cc1cnc(C(C)C)cn1.Cc1cncc(C(C)C)n1. The van der Waals surface area contributed by atoms with Crippen LogP contribution in [0.1, 0.15) is 62.3 Å². The molecule has 0 aliphatic heterocycles. The van der Waals surface area contributed by atoms with Gasteiger partial charge in [-0.05, 0) is 25.7 Å². The van der Waals surface area contributed by atoms with E-state index in [0.717, 1.165) is 22.8 Å². The predicted octanol–water partition coefficient (Wildman–Crippen LogP) is 3.82. The lowest BCUT2D eigenvalue weighted by Crippen LogP contribution is -1.94. The van der Waals surface area contributed by atoms with Crippen LogP contribution in [0.2, 0.25) is 0 Å². The van der Waals surface area contributed by atoms with Crippen LogP contribution in [0, 0.1) is 13.8 Å². The normalized spacial score (nSPS) is 10.4. The molecular weight excluding hydrogens is 248 g/mol. The minimum Gasteiger partial charge on any atom is -0.261 e. The molecule has 20 heavy (non-hydrogen) atoms. The van der Waals surface area contributed by atoms with Gasteiger partial charge in [0, 0.05) is 24.8 Å². The van der Waals surface area contributed by atoms with Crippen LogP contribution in [0.25, 0.3) is 0 Å². The second kappa shape index (κ2) is 7.68. The van der Waals surface area contributed by atoms with E-state index in [4.69, 9.17) is 0 Å². The van der Waals surface area contributed by atoms with Gasteiger partial charge in [0.25, 0.3) is 0 Å². The summed E-state index contributed by atoms with van der Waals surface area (Å²) in [6, 6.07) is 0. The minimum absolute atomic E-state index is 0.479. The lowest BCUT2D eigenvalue weighted by Gasteiger charge is -2.02. The molecule has 2 aromatic heterocycles. The fourth-order valence-corrected chi connectivity index (χ4v) is 1.46. The van der Waals surface area contributed by atoms with E-state index >= 15 is 0 Å². The van der Waals surface area contributed by atoms with Crippen molar-refractivity contribution in [2.75, 3.05) is 0 Å². The molecule has 0 aromatic carbocycles. The molecule has 0 atom stereocenters. The van der Waals surface area contributed by atoms with Crippen molar-refractivity contribution in [2.45, 2.75) is 53.4 Å². The molecule has 0 saturated heterocycles. The molecule has 0 saturated carbocycles. The third-order valence-electron chi connectivity index (χ3n) is 2.76. The largest absolute Gasteiger partial charge is 0.261 e. The van der Waals surface area contributed by atoms with E-state index in [2.05, 4.69) is 47.6 Å². The summed E-state index contributed by atoms with van der Waals surface area (Å²) in [5.74, 6) is 0.959. The Bertz CT molecular complexity index is 518. The van der Waals surface area contributed by atoms with Gasteiger partial charge < -0.3 is 0 Å². The standard InChI is InChI=1S/2C8H12N2/c1-6(2)8-5-9-7(3)4-10-8;1-6(2)8-5-9-4-7(3)10-8/h2*4-6H,1-3H3. The Labute approximate surface area is 121 Å². The third-order valence-corrected chi connectivity index (χ3v) is 2.76. The number of nitrogens with zero attached hydrogens (tertiary/aromatic N) is 4. The molecule has 0 radical (unpaired) electrons. The fraction of sp³-hybridized carbons (Fsp3) is 0.500. The van der Waals surface area contributed by atoms with Gasteiger partial charge in [-0.3, -0.25) is 19.9 Å². The first-order valence-corrected chi connectivity index (χ1v) is 6.97. The summed E-state index contributed by atoms with van der Waals surface area (Å²) in [7, 11) is 0. The van der Waals surface area contributed by atoms with Crippen molar-refractivity contribution in [3.8, 4) is 0 Å². The number of hydrogen-bond acceptors (Lipinski definition) is 4. The Kier molecular flexibility index (Phi) is 6.22. The van der Waals surface area contributed by atoms with Gasteiger partial charge in [-0.2, -0.15) is 0 Å². The molecule has 2 aromatic rings. The van der Waals surface area contributed by atoms with Crippen molar-refractivity contribution in [2.24, 2.45) is 0 Å². The van der Waals surface area contributed by atoms with E-state index in [1.54, 1.807) is 12.4 Å². The van der Waals surface area contributed by atoms with E-state index in [9.17, 15) is 0 Å². The smallest absolute Gasteiger partial charge is 0.0615 e. The Morgan fingerprint density at radius 2 is 1.35 bits per heavy atom. The topological polar surface area (TPSA) is 51.6 Å². The zero-order valence-electron chi connectivity index (χ0n) is 13.3. The van der Waals surface area contributed by atoms with Crippen molar-refractivity contribution in [1.82, 2.24) is 19.9 Å². The van der Waals surface area contributed by atoms with E-state index in [-0.39, 0.29) is 0 Å². The molecule has 4 heteroatoms. The van der Waals surface area contributed by atoms with Crippen LogP contribution < -0.4 is 0 Å². The molecule has 108 valence electrons. The average molecular weight is 272 g/mol. The van der Waals surface area contributed by atoms with Gasteiger partial charge in [0.1, 0.15) is 0 Å². The van der Waals surface area contributed by atoms with E-state index in [1.165, 1.54) is 0 Å². The molecule has 4 nitrogen and oxygen atoms in total. The second-order valence-electron chi connectivity index (χ2n) is 5.48. The minimum atomic E-state index is 0.479. The Morgan fingerprint density at radius 3 is 1.75 bits per heavy atom. The lowest BCUT2D eigenvalue weighted by molar-refractivity contribution is 0.803. The van der Waals surface area contributed by atoms with Gasteiger partial charge in [-0.25, -0.2) is 0 Å². The monoisotopic (exact) mass is 272 g/mol. The molecule has 2 heterocycles. The van der Waals surface area contributed by atoms with E-state index < -0.39 is 0 Å². The predicted molar refractivity (Wildman–Crippen MR) is 81.7 cm³/mol. The first-order chi connectivity index (χ1) is 9.40. The van der Waals surface area contributed by atoms with Crippen LogP contribution in [-0.4, -0.2) is 19.9 Å². The first kappa shape index (κ1) is 16.2. The lowest BCUT2D eigenvalue weighted by atomic mass is 10.1. The van der Waals surface area contributed by atoms with Crippen LogP contribution in [-0.2, 0) is 0 Å². The zero-order chi connectivity index (χ0) is 15.1. The number of hydrogen-bond donors (Lipinski definition) is 0. The summed E-state index contributed by atoms with van der Waals surface area (Å²) in [6.07, 6.45) is 7.22. The summed E-state index contributed by atoms with van der Waals surface area (Å²) in [4.78, 5) is 16.7. The Balaban J connectivity index is 0.000000200. The number of aromatic nitrogens is 4.